The van der Waals surface area contributed by atoms with Crippen LogP contribution in [0.3, 0.4) is 0 Å². The van der Waals surface area contributed by atoms with Gasteiger partial charge in [-0.1, -0.05) is 78.9 Å². The summed E-state index contributed by atoms with van der Waals surface area (Å²) in [5, 5.41) is 21.3. The Morgan fingerprint density at radius 2 is 1.26 bits per heavy atom. The van der Waals surface area contributed by atoms with Gasteiger partial charge in [-0.25, -0.2) is 9.59 Å². The van der Waals surface area contributed by atoms with Gasteiger partial charge in [-0.2, -0.15) is 10.2 Å². The molecule has 0 aliphatic rings. The molecule has 4 aromatic carbocycles. The maximum absolute atomic E-state index is 12.8. The first-order valence-electron chi connectivity index (χ1n) is 12.1. The molecule has 0 radical (unpaired) electrons. The summed E-state index contributed by atoms with van der Waals surface area (Å²) < 4.78 is 4.85. The van der Waals surface area contributed by atoms with Gasteiger partial charge in [-0.15, -0.1) is 0 Å². The highest BCUT2D eigenvalue weighted by molar-refractivity contribution is 6.04. The molecule has 0 aromatic heterocycles. The van der Waals surface area contributed by atoms with Crippen molar-refractivity contribution in [3.8, 4) is 0 Å². The monoisotopic (exact) mass is 519 g/mol. The number of nitrogens with zero attached hydrogens (tertiary/aromatic N) is 2. The molecule has 0 fully saturated rings. The van der Waals surface area contributed by atoms with Crippen molar-refractivity contribution >= 4 is 34.9 Å². The standard InChI is InChI=1S/C31H25N3O5/c35-28(20-22-10-4-1-5-11-22)31(38)39-29(36)21-27(32-30(37)24-12-6-2-7-13-24)23-16-18-26(19-17-23)34-33-25-14-8-3-9-15-25/h1-19,21,28,35H,20H2,(H,32,37). The predicted octanol–water partition coefficient (Wildman–Crippen LogP) is 5.55. The molecule has 0 heterocycles. The molecule has 8 heteroatoms. The van der Waals surface area contributed by atoms with Crippen molar-refractivity contribution in [3.63, 3.8) is 0 Å². The molecule has 194 valence electrons. The van der Waals surface area contributed by atoms with Crippen LogP contribution in [-0.2, 0) is 20.7 Å². The molecule has 0 spiro atoms. The van der Waals surface area contributed by atoms with Gasteiger partial charge in [-0.3, -0.25) is 4.79 Å². The molecular weight excluding hydrogens is 494 g/mol. The number of rotatable bonds is 9. The first-order chi connectivity index (χ1) is 19.0. The Balaban J connectivity index is 1.51. The Morgan fingerprint density at radius 3 is 1.87 bits per heavy atom. The summed E-state index contributed by atoms with van der Waals surface area (Å²) in [6.07, 6.45) is -0.539. The number of nitrogens with one attached hydrogen (secondary N) is 1. The van der Waals surface area contributed by atoms with Crippen LogP contribution in [0.2, 0.25) is 0 Å². The SMILES string of the molecule is O=C(C=C(NC(=O)c1ccccc1)c1ccc(N=Nc2ccccc2)cc1)OC(=O)C(O)Cc1ccccc1. The van der Waals surface area contributed by atoms with Crippen LogP contribution >= 0.6 is 0 Å². The number of azo groups is 1. The maximum Gasteiger partial charge on any atom is 0.343 e. The molecule has 0 saturated heterocycles. The summed E-state index contributed by atoms with van der Waals surface area (Å²) in [7, 11) is 0. The molecule has 0 bridgehead atoms. The van der Waals surface area contributed by atoms with Crippen LogP contribution in [0.25, 0.3) is 5.70 Å². The van der Waals surface area contributed by atoms with Crippen molar-refractivity contribution in [3.05, 3.63) is 138 Å². The lowest BCUT2D eigenvalue weighted by molar-refractivity contribution is -0.162. The van der Waals surface area contributed by atoms with Crippen LogP contribution in [-0.4, -0.2) is 29.1 Å². The van der Waals surface area contributed by atoms with Crippen molar-refractivity contribution in [2.45, 2.75) is 12.5 Å². The Labute approximate surface area is 225 Å². The summed E-state index contributed by atoms with van der Waals surface area (Å²) >= 11 is 0. The summed E-state index contributed by atoms with van der Waals surface area (Å²) in [5.41, 5.74) is 2.90. The van der Waals surface area contributed by atoms with E-state index in [-0.39, 0.29) is 12.1 Å². The van der Waals surface area contributed by atoms with E-state index >= 15 is 0 Å². The summed E-state index contributed by atoms with van der Waals surface area (Å²) in [6.45, 7) is 0. The number of ether oxygens (including phenoxy) is 1. The van der Waals surface area contributed by atoms with E-state index in [1.165, 1.54) is 0 Å². The third-order valence-corrected chi connectivity index (χ3v) is 5.51. The smallest absolute Gasteiger partial charge is 0.343 e. The summed E-state index contributed by atoms with van der Waals surface area (Å²) in [6, 6.07) is 33.2. The molecule has 4 rings (SSSR count). The number of aliphatic hydroxyl groups is 1. The number of benzene rings is 4. The van der Waals surface area contributed by atoms with Gasteiger partial charge in [0.05, 0.1) is 17.1 Å². The molecule has 39 heavy (non-hydrogen) atoms. The fourth-order valence-electron chi connectivity index (χ4n) is 3.53. The number of amides is 1. The van der Waals surface area contributed by atoms with Crippen LogP contribution in [0.15, 0.2) is 132 Å². The molecule has 2 N–H and O–H groups in total. The van der Waals surface area contributed by atoms with Crippen LogP contribution in [0, 0.1) is 0 Å². The average Bonchev–Trinajstić information content (AvgIpc) is 2.97. The van der Waals surface area contributed by atoms with E-state index in [2.05, 4.69) is 15.5 Å². The van der Waals surface area contributed by atoms with Gasteiger partial charge in [0.25, 0.3) is 5.91 Å². The molecular formula is C31H25N3O5. The highest BCUT2D eigenvalue weighted by atomic mass is 16.6. The van der Waals surface area contributed by atoms with Crippen LogP contribution in [0.4, 0.5) is 11.4 Å². The number of esters is 2. The molecule has 0 saturated carbocycles. The second-order valence-electron chi connectivity index (χ2n) is 8.41. The Hall–Kier alpha value is -5.21. The quantitative estimate of drug-likeness (QED) is 0.130. The normalized spacial score (nSPS) is 12.1. The molecule has 4 aromatic rings. The Kier molecular flexibility index (Phi) is 9.20. The number of carbonyl (C=O) groups excluding carboxylic acids is 3. The first-order valence-corrected chi connectivity index (χ1v) is 12.1. The topological polar surface area (TPSA) is 117 Å². The van der Waals surface area contributed by atoms with Crippen molar-refractivity contribution in [2.24, 2.45) is 10.2 Å². The predicted molar refractivity (Wildman–Crippen MR) is 146 cm³/mol. The van der Waals surface area contributed by atoms with Crippen LogP contribution < -0.4 is 5.32 Å². The Morgan fingerprint density at radius 1 is 0.718 bits per heavy atom. The van der Waals surface area contributed by atoms with E-state index in [4.69, 9.17) is 4.74 Å². The zero-order chi connectivity index (χ0) is 27.5. The van der Waals surface area contributed by atoms with Gasteiger partial charge in [-0.05, 0) is 47.5 Å². The van der Waals surface area contributed by atoms with Crippen LogP contribution in [0.1, 0.15) is 21.5 Å². The lowest BCUT2D eigenvalue weighted by Crippen LogP contribution is -2.28. The second kappa shape index (κ2) is 13.4. The molecule has 1 amide bonds. The zero-order valence-corrected chi connectivity index (χ0v) is 20.8. The lowest BCUT2D eigenvalue weighted by Gasteiger charge is -2.12. The van der Waals surface area contributed by atoms with Gasteiger partial charge >= 0.3 is 11.9 Å². The van der Waals surface area contributed by atoms with E-state index < -0.39 is 23.9 Å². The molecule has 0 aliphatic heterocycles. The van der Waals surface area contributed by atoms with Crippen molar-refractivity contribution in [2.75, 3.05) is 0 Å². The molecule has 1 atom stereocenters. The minimum Gasteiger partial charge on any atom is -0.388 e. The third kappa shape index (κ3) is 8.14. The first kappa shape index (κ1) is 26.8. The minimum absolute atomic E-state index is 0.00668. The number of aliphatic hydroxyl groups excluding tert-OH is 1. The highest BCUT2D eigenvalue weighted by Gasteiger charge is 2.21. The minimum atomic E-state index is -1.53. The number of carbonyl (C=O) groups is 3. The maximum atomic E-state index is 12.8. The largest absolute Gasteiger partial charge is 0.388 e. The second-order valence-corrected chi connectivity index (χ2v) is 8.41. The average molecular weight is 520 g/mol. The van der Waals surface area contributed by atoms with Crippen LogP contribution in [0.5, 0.6) is 0 Å². The number of hydrogen-bond acceptors (Lipinski definition) is 7. The van der Waals surface area contributed by atoms with E-state index in [0.717, 1.165) is 6.08 Å². The molecule has 1 unspecified atom stereocenters. The number of hydrogen-bond donors (Lipinski definition) is 2. The lowest BCUT2D eigenvalue weighted by atomic mass is 10.1. The van der Waals surface area contributed by atoms with Gasteiger partial charge in [0.2, 0.25) is 0 Å². The zero-order valence-electron chi connectivity index (χ0n) is 20.8. The fraction of sp³-hybridized carbons (Fsp3) is 0.0645. The van der Waals surface area contributed by atoms with E-state index in [9.17, 15) is 19.5 Å². The van der Waals surface area contributed by atoms with Crippen molar-refractivity contribution in [1.82, 2.24) is 5.32 Å². The van der Waals surface area contributed by atoms with Gasteiger partial charge in [0.1, 0.15) is 0 Å². The van der Waals surface area contributed by atoms with Crippen molar-refractivity contribution < 1.29 is 24.2 Å². The van der Waals surface area contributed by atoms with Gasteiger partial charge < -0.3 is 15.2 Å². The van der Waals surface area contributed by atoms with Crippen molar-refractivity contribution in [1.29, 1.82) is 0 Å². The molecule has 0 aliphatic carbocycles. The molecule has 8 nitrogen and oxygen atoms in total. The summed E-state index contributed by atoms with van der Waals surface area (Å²) in [5.74, 6) is -2.59. The Bertz CT molecular complexity index is 1470. The van der Waals surface area contributed by atoms with E-state index in [1.807, 2.05) is 36.4 Å². The van der Waals surface area contributed by atoms with E-state index in [0.29, 0.717) is 28.1 Å². The third-order valence-electron chi connectivity index (χ3n) is 5.51. The fourth-order valence-corrected chi connectivity index (χ4v) is 3.53. The van der Waals surface area contributed by atoms with Gasteiger partial charge in [0.15, 0.2) is 6.10 Å². The summed E-state index contributed by atoms with van der Waals surface area (Å²) in [4.78, 5) is 37.8. The highest BCUT2D eigenvalue weighted by Crippen LogP contribution is 2.21. The van der Waals surface area contributed by atoms with Gasteiger partial charge in [0, 0.05) is 18.1 Å². The van der Waals surface area contributed by atoms with E-state index in [1.54, 1.807) is 78.9 Å².